The zero-order valence-electron chi connectivity index (χ0n) is 9.45. The number of benzene rings is 1. The Bertz CT molecular complexity index is 432. The monoisotopic (exact) mass is 297 g/mol. The Morgan fingerprint density at radius 1 is 1.53 bits per heavy atom. The van der Waals surface area contributed by atoms with Crippen molar-refractivity contribution >= 4 is 27.5 Å². The summed E-state index contributed by atoms with van der Waals surface area (Å²) in [5, 5.41) is 3.28. The highest BCUT2D eigenvalue weighted by Gasteiger charge is 2.28. The molecule has 0 radical (unpaired) electrons. The molecule has 92 valence electrons. The van der Waals surface area contributed by atoms with Gasteiger partial charge in [-0.2, -0.15) is 0 Å². The van der Waals surface area contributed by atoms with Crippen molar-refractivity contribution in [3.63, 3.8) is 0 Å². The number of hydrogen-bond acceptors (Lipinski definition) is 3. The van der Waals surface area contributed by atoms with Crippen LogP contribution in [0.3, 0.4) is 0 Å². The maximum atomic E-state index is 11.0. The van der Waals surface area contributed by atoms with Crippen LogP contribution < -0.4 is 16.8 Å². The summed E-state index contributed by atoms with van der Waals surface area (Å²) < 4.78 is 0.830. The van der Waals surface area contributed by atoms with Crippen molar-refractivity contribution in [2.24, 2.45) is 17.4 Å². The Morgan fingerprint density at radius 3 is 2.76 bits per heavy atom. The molecule has 1 aliphatic rings. The van der Waals surface area contributed by atoms with Crippen LogP contribution in [0.1, 0.15) is 23.2 Å². The van der Waals surface area contributed by atoms with Gasteiger partial charge in [0.25, 0.3) is 0 Å². The van der Waals surface area contributed by atoms with Crippen LogP contribution in [0.4, 0.5) is 5.69 Å². The van der Waals surface area contributed by atoms with Gasteiger partial charge in [-0.15, -0.1) is 0 Å². The lowest BCUT2D eigenvalue weighted by Crippen LogP contribution is -2.31. The van der Waals surface area contributed by atoms with Gasteiger partial charge in [0, 0.05) is 28.3 Å². The van der Waals surface area contributed by atoms with Crippen LogP contribution in [-0.2, 0) is 0 Å². The van der Waals surface area contributed by atoms with Gasteiger partial charge in [-0.25, -0.2) is 0 Å². The summed E-state index contributed by atoms with van der Waals surface area (Å²) in [6.45, 7) is 0.749. The Balaban J connectivity index is 1.98. The smallest absolute Gasteiger partial charge is 0.248 e. The molecule has 1 saturated carbocycles. The van der Waals surface area contributed by atoms with E-state index in [2.05, 4.69) is 21.2 Å². The second-order valence-corrected chi connectivity index (χ2v) is 5.30. The minimum absolute atomic E-state index is 0.206. The van der Waals surface area contributed by atoms with E-state index in [0.717, 1.165) is 16.7 Å². The summed E-state index contributed by atoms with van der Waals surface area (Å²) in [5.74, 6) is 0.248. The average molecular weight is 298 g/mol. The van der Waals surface area contributed by atoms with Crippen molar-refractivity contribution in [2.75, 3.05) is 11.9 Å². The van der Waals surface area contributed by atoms with Gasteiger partial charge < -0.3 is 16.8 Å². The summed E-state index contributed by atoms with van der Waals surface area (Å²) in [6, 6.07) is 5.47. The third-order valence-electron chi connectivity index (χ3n) is 3.01. The lowest BCUT2D eigenvalue weighted by molar-refractivity contribution is 0.100. The molecule has 17 heavy (non-hydrogen) atoms. The largest absolute Gasteiger partial charge is 0.383 e. The van der Waals surface area contributed by atoms with E-state index in [4.69, 9.17) is 11.5 Å². The first-order valence-electron chi connectivity index (χ1n) is 5.66. The minimum Gasteiger partial charge on any atom is -0.383 e. The number of halogens is 1. The number of hydrogen-bond donors (Lipinski definition) is 3. The van der Waals surface area contributed by atoms with Crippen molar-refractivity contribution in [3.05, 3.63) is 28.2 Å². The molecule has 0 spiro atoms. The molecule has 0 bridgehead atoms. The number of rotatable bonds is 5. The standard InChI is InChI=1S/C12H16BrN3O/c13-9-5-8(12(15)17)3-4-11(9)16-6-10(14)7-1-2-7/h3-5,7,10,16H,1-2,6,14H2,(H2,15,17). The van der Waals surface area contributed by atoms with Crippen molar-refractivity contribution in [1.29, 1.82) is 0 Å². The van der Waals surface area contributed by atoms with Crippen molar-refractivity contribution in [2.45, 2.75) is 18.9 Å². The van der Waals surface area contributed by atoms with Crippen LogP contribution in [0.2, 0.25) is 0 Å². The number of nitrogens with one attached hydrogen (secondary N) is 1. The predicted octanol–water partition coefficient (Wildman–Crippen LogP) is 1.70. The van der Waals surface area contributed by atoms with E-state index in [1.807, 2.05) is 6.07 Å². The normalized spacial score (nSPS) is 16.6. The van der Waals surface area contributed by atoms with Gasteiger partial charge in [0.1, 0.15) is 0 Å². The van der Waals surface area contributed by atoms with Crippen molar-refractivity contribution < 1.29 is 4.79 Å². The molecule has 2 rings (SSSR count). The lowest BCUT2D eigenvalue weighted by atomic mass is 10.1. The van der Waals surface area contributed by atoms with Gasteiger partial charge in [-0.3, -0.25) is 4.79 Å². The Morgan fingerprint density at radius 2 is 2.24 bits per heavy atom. The minimum atomic E-state index is -0.424. The second kappa shape index (κ2) is 5.06. The van der Waals surface area contributed by atoms with Crippen LogP contribution in [0.15, 0.2) is 22.7 Å². The molecule has 1 aromatic rings. The van der Waals surface area contributed by atoms with Gasteiger partial charge >= 0.3 is 0 Å². The average Bonchev–Trinajstić information content (AvgIpc) is 3.10. The lowest BCUT2D eigenvalue weighted by Gasteiger charge is -2.14. The molecule has 1 atom stereocenters. The molecule has 5 heteroatoms. The maximum Gasteiger partial charge on any atom is 0.248 e. The van der Waals surface area contributed by atoms with Crippen LogP contribution in [-0.4, -0.2) is 18.5 Å². The number of carbonyl (C=O) groups is 1. The molecule has 0 aliphatic heterocycles. The fraction of sp³-hybridized carbons (Fsp3) is 0.417. The maximum absolute atomic E-state index is 11.0. The first kappa shape index (κ1) is 12.4. The zero-order valence-corrected chi connectivity index (χ0v) is 11.0. The topological polar surface area (TPSA) is 81.1 Å². The van der Waals surface area contributed by atoms with Gasteiger partial charge in [-0.1, -0.05) is 0 Å². The van der Waals surface area contributed by atoms with Gasteiger partial charge in [0.05, 0.1) is 0 Å². The van der Waals surface area contributed by atoms with E-state index >= 15 is 0 Å². The molecule has 0 aromatic heterocycles. The fourth-order valence-corrected chi connectivity index (χ4v) is 2.25. The SMILES string of the molecule is NC(=O)c1ccc(NCC(N)C2CC2)c(Br)c1. The molecule has 4 nitrogen and oxygen atoms in total. The highest BCUT2D eigenvalue weighted by Crippen LogP contribution is 2.32. The number of anilines is 1. The molecule has 1 amide bonds. The van der Waals surface area contributed by atoms with Gasteiger partial charge in [0.15, 0.2) is 0 Å². The van der Waals surface area contributed by atoms with Crippen LogP contribution >= 0.6 is 15.9 Å². The van der Waals surface area contributed by atoms with E-state index in [-0.39, 0.29) is 6.04 Å². The Hall–Kier alpha value is -1.07. The van der Waals surface area contributed by atoms with Gasteiger partial charge in [0.2, 0.25) is 5.91 Å². The van der Waals surface area contributed by atoms with Crippen molar-refractivity contribution in [3.8, 4) is 0 Å². The van der Waals surface area contributed by atoms with Gasteiger partial charge in [-0.05, 0) is 52.9 Å². The number of carbonyl (C=O) groups excluding carboxylic acids is 1. The Labute approximate surface area is 109 Å². The second-order valence-electron chi connectivity index (χ2n) is 4.44. The Kier molecular flexibility index (Phi) is 3.69. The number of primary amides is 1. The molecule has 0 heterocycles. The zero-order chi connectivity index (χ0) is 12.4. The summed E-state index contributed by atoms with van der Waals surface area (Å²) in [5.41, 5.74) is 12.6. The molecule has 1 aliphatic carbocycles. The molecule has 1 fully saturated rings. The van der Waals surface area contributed by atoms with E-state index in [1.54, 1.807) is 12.1 Å². The van der Waals surface area contributed by atoms with E-state index < -0.39 is 5.91 Å². The third kappa shape index (κ3) is 3.20. The quantitative estimate of drug-likeness (QED) is 0.774. The van der Waals surface area contributed by atoms with Crippen LogP contribution in [0.5, 0.6) is 0 Å². The third-order valence-corrected chi connectivity index (χ3v) is 3.67. The molecular formula is C12H16BrN3O. The summed E-state index contributed by atoms with van der Waals surface area (Å²) >= 11 is 3.41. The predicted molar refractivity (Wildman–Crippen MR) is 71.8 cm³/mol. The molecular weight excluding hydrogens is 282 g/mol. The highest BCUT2D eigenvalue weighted by molar-refractivity contribution is 9.10. The highest BCUT2D eigenvalue weighted by atomic mass is 79.9. The van der Waals surface area contributed by atoms with E-state index in [9.17, 15) is 4.79 Å². The first-order valence-corrected chi connectivity index (χ1v) is 6.46. The summed E-state index contributed by atoms with van der Waals surface area (Å²) in [6.07, 6.45) is 2.48. The summed E-state index contributed by atoms with van der Waals surface area (Å²) in [7, 11) is 0. The first-order chi connectivity index (χ1) is 8.08. The van der Waals surface area contributed by atoms with Crippen LogP contribution in [0, 0.1) is 5.92 Å². The molecule has 1 aromatic carbocycles. The van der Waals surface area contributed by atoms with Crippen molar-refractivity contribution in [1.82, 2.24) is 0 Å². The fourth-order valence-electron chi connectivity index (χ4n) is 1.73. The molecule has 5 N–H and O–H groups in total. The van der Waals surface area contributed by atoms with Crippen LogP contribution in [0.25, 0.3) is 0 Å². The number of nitrogens with two attached hydrogens (primary N) is 2. The summed E-state index contributed by atoms with van der Waals surface area (Å²) in [4.78, 5) is 11.0. The molecule has 1 unspecified atom stereocenters. The molecule has 0 saturated heterocycles. The number of amides is 1. The van der Waals surface area contributed by atoms with E-state index in [0.29, 0.717) is 11.5 Å². The van der Waals surface area contributed by atoms with E-state index in [1.165, 1.54) is 12.8 Å².